The van der Waals surface area contributed by atoms with E-state index in [-0.39, 0.29) is 17.9 Å². The van der Waals surface area contributed by atoms with E-state index in [4.69, 9.17) is 4.74 Å². The third-order valence-corrected chi connectivity index (χ3v) is 7.70. The molecule has 2 fully saturated rings. The number of carbonyl (C=O) groups is 2. The fraction of sp³-hybridized carbons (Fsp3) is 0.391. The molecule has 30 heavy (non-hydrogen) atoms. The molecule has 0 radical (unpaired) electrons. The summed E-state index contributed by atoms with van der Waals surface area (Å²) in [5, 5.41) is 3.06. The van der Waals surface area contributed by atoms with Gasteiger partial charge in [-0.25, -0.2) is 0 Å². The molecule has 3 aliphatic rings. The monoisotopic (exact) mass is 423 g/mol. The van der Waals surface area contributed by atoms with E-state index in [1.165, 1.54) is 0 Å². The first kappa shape index (κ1) is 19.5. The van der Waals surface area contributed by atoms with Crippen molar-refractivity contribution in [2.24, 2.45) is 5.92 Å². The Hall–Kier alpha value is -2.51. The summed E-state index contributed by atoms with van der Waals surface area (Å²) in [5.74, 6) is 1.76. The Morgan fingerprint density at radius 2 is 2.00 bits per heavy atom. The number of likely N-dealkylation sites (N-methyl/N-ethyl adjacent to an activating group) is 1. The molecule has 0 saturated carbocycles. The fourth-order valence-corrected chi connectivity index (χ4v) is 6.67. The number of thioether (sulfide) groups is 1. The van der Waals surface area contributed by atoms with E-state index in [2.05, 4.69) is 10.2 Å². The first-order valence-corrected chi connectivity index (χ1v) is 11.5. The number of carbonyl (C=O) groups excluding carboxylic acids is 2. The van der Waals surface area contributed by atoms with Crippen molar-refractivity contribution in [3.05, 3.63) is 54.1 Å². The number of anilines is 2. The van der Waals surface area contributed by atoms with Gasteiger partial charge < -0.3 is 15.0 Å². The second-order valence-electron chi connectivity index (χ2n) is 7.93. The van der Waals surface area contributed by atoms with Crippen LogP contribution in [0.25, 0.3) is 0 Å². The number of methoxy groups -OCH3 is 1. The number of fused-ring (bicyclic) bond motifs is 4. The maximum atomic E-state index is 13.9. The van der Waals surface area contributed by atoms with Gasteiger partial charge in [0.15, 0.2) is 0 Å². The van der Waals surface area contributed by atoms with Crippen LogP contribution in [0.2, 0.25) is 0 Å². The molecule has 0 aliphatic carbocycles. The minimum atomic E-state index is -0.938. The summed E-state index contributed by atoms with van der Waals surface area (Å²) in [5.41, 5.74) is 1.58. The molecule has 3 heterocycles. The van der Waals surface area contributed by atoms with Crippen LogP contribution >= 0.6 is 11.8 Å². The summed E-state index contributed by atoms with van der Waals surface area (Å²) >= 11 is 1.84. The standard InChI is InChI=1S/C23H25N3O3S/c1-3-25-19-10-6-4-8-16(19)23(22(25)28)17(12-15-13-30-14-26(15)23)21(27)24-18-9-5-7-11-20(18)29-2/h4-11,15,17H,3,12-14H2,1-2H3,(H,24,27)/t15-,17+,23-/m0/s1. The first-order valence-electron chi connectivity index (χ1n) is 10.3. The van der Waals surface area contributed by atoms with Gasteiger partial charge in [0.2, 0.25) is 5.91 Å². The Morgan fingerprint density at radius 1 is 1.23 bits per heavy atom. The van der Waals surface area contributed by atoms with Gasteiger partial charge in [0.1, 0.15) is 11.3 Å². The smallest absolute Gasteiger partial charge is 0.253 e. The molecule has 3 atom stereocenters. The Labute approximate surface area is 180 Å². The molecule has 156 valence electrons. The summed E-state index contributed by atoms with van der Waals surface area (Å²) in [6.07, 6.45) is 0.672. The van der Waals surface area contributed by atoms with Crippen molar-refractivity contribution in [2.75, 3.05) is 35.5 Å². The van der Waals surface area contributed by atoms with Gasteiger partial charge in [-0.05, 0) is 31.5 Å². The van der Waals surface area contributed by atoms with E-state index >= 15 is 0 Å². The lowest BCUT2D eigenvalue weighted by Gasteiger charge is -2.36. The number of hydrogen-bond donors (Lipinski definition) is 1. The summed E-state index contributed by atoms with van der Waals surface area (Å²) in [4.78, 5) is 31.7. The number of nitrogens with one attached hydrogen (secondary N) is 1. The molecule has 0 bridgehead atoms. The molecular weight excluding hydrogens is 398 g/mol. The Balaban J connectivity index is 1.60. The highest BCUT2D eigenvalue weighted by molar-refractivity contribution is 7.99. The summed E-state index contributed by atoms with van der Waals surface area (Å²) in [7, 11) is 1.59. The zero-order valence-electron chi connectivity index (χ0n) is 17.1. The predicted molar refractivity (Wildman–Crippen MR) is 119 cm³/mol. The maximum absolute atomic E-state index is 13.9. The van der Waals surface area contributed by atoms with E-state index in [0.29, 0.717) is 24.4 Å². The molecule has 2 amide bonds. The van der Waals surface area contributed by atoms with Crippen molar-refractivity contribution in [1.82, 2.24) is 4.90 Å². The lowest BCUT2D eigenvalue weighted by atomic mass is 9.78. The van der Waals surface area contributed by atoms with Crippen LogP contribution in [0, 0.1) is 5.92 Å². The van der Waals surface area contributed by atoms with Gasteiger partial charge in [0.25, 0.3) is 5.91 Å². The minimum Gasteiger partial charge on any atom is -0.495 e. The molecule has 2 saturated heterocycles. The number of hydrogen-bond acceptors (Lipinski definition) is 5. The van der Waals surface area contributed by atoms with Gasteiger partial charge in [-0.15, -0.1) is 11.8 Å². The zero-order chi connectivity index (χ0) is 20.9. The topological polar surface area (TPSA) is 61.9 Å². The maximum Gasteiger partial charge on any atom is 0.253 e. The molecule has 0 aromatic heterocycles. The molecule has 0 unspecified atom stereocenters. The fourth-order valence-electron chi connectivity index (χ4n) is 5.36. The Bertz CT molecular complexity index is 1010. The van der Waals surface area contributed by atoms with Gasteiger partial charge in [-0.2, -0.15) is 0 Å². The van der Waals surface area contributed by atoms with Crippen molar-refractivity contribution >= 4 is 35.0 Å². The van der Waals surface area contributed by atoms with Crippen molar-refractivity contribution in [3.63, 3.8) is 0 Å². The van der Waals surface area contributed by atoms with E-state index in [1.54, 1.807) is 7.11 Å². The Kier molecular flexibility index (Phi) is 4.75. The van der Waals surface area contributed by atoms with Crippen LogP contribution in [0.5, 0.6) is 5.75 Å². The SMILES string of the molecule is CCN1C(=O)[C@]2(c3ccccc31)[C@@H](C(=O)Nc1ccccc1OC)C[C@H]1CSCN12. The molecule has 3 aliphatic heterocycles. The molecule has 2 aromatic rings. The highest BCUT2D eigenvalue weighted by Crippen LogP contribution is 2.57. The van der Waals surface area contributed by atoms with Crippen LogP contribution in [0.15, 0.2) is 48.5 Å². The third-order valence-electron chi connectivity index (χ3n) is 6.62. The molecule has 6 nitrogen and oxygen atoms in total. The zero-order valence-corrected chi connectivity index (χ0v) is 17.9. The highest BCUT2D eigenvalue weighted by atomic mass is 32.2. The third kappa shape index (κ3) is 2.55. The van der Waals surface area contributed by atoms with Gasteiger partial charge in [0.05, 0.1) is 18.7 Å². The second-order valence-corrected chi connectivity index (χ2v) is 8.93. The molecule has 1 spiro atoms. The van der Waals surface area contributed by atoms with Crippen LogP contribution in [0.1, 0.15) is 18.9 Å². The van der Waals surface area contributed by atoms with Gasteiger partial charge in [-0.1, -0.05) is 30.3 Å². The van der Waals surface area contributed by atoms with Crippen LogP contribution in [-0.4, -0.2) is 48.0 Å². The van der Waals surface area contributed by atoms with Crippen molar-refractivity contribution in [2.45, 2.75) is 24.9 Å². The van der Waals surface area contributed by atoms with Crippen LogP contribution in [0.3, 0.4) is 0 Å². The van der Waals surface area contributed by atoms with Crippen molar-refractivity contribution in [1.29, 1.82) is 0 Å². The van der Waals surface area contributed by atoms with E-state index in [9.17, 15) is 9.59 Å². The molecule has 7 heteroatoms. The van der Waals surface area contributed by atoms with Gasteiger partial charge in [0, 0.05) is 35.5 Å². The van der Waals surface area contributed by atoms with Crippen molar-refractivity contribution in [3.8, 4) is 5.75 Å². The normalized spacial score (nSPS) is 27.4. The van der Waals surface area contributed by atoms with Crippen LogP contribution in [-0.2, 0) is 15.1 Å². The lowest BCUT2D eigenvalue weighted by molar-refractivity contribution is -0.136. The molecular formula is C23H25N3O3S. The average Bonchev–Trinajstić information content (AvgIpc) is 3.42. The number of amides is 2. The van der Waals surface area contributed by atoms with E-state index in [1.807, 2.05) is 72.1 Å². The largest absolute Gasteiger partial charge is 0.495 e. The predicted octanol–water partition coefficient (Wildman–Crippen LogP) is 3.29. The van der Waals surface area contributed by atoms with Crippen LogP contribution in [0.4, 0.5) is 11.4 Å². The number of ether oxygens (including phenoxy) is 1. The van der Waals surface area contributed by atoms with Gasteiger partial charge >= 0.3 is 0 Å². The van der Waals surface area contributed by atoms with Crippen LogP contribution < -0.4 is 15.0 Å². The number of nitrogens with zero attached hydrogens (tertiary/aromatic N) is 2. The minimum absolute atomic E-state index is 0.0244. The van der Waals surface area contributed by atoms with E-state index in [0.717, 1.165) is 22.9 Å². The Morgan fingerprint density at radius 3 is 2.80 bits per heavy atom. The summed E-state index contributed by atoms with van der Waals surface area (Å²) in [6.45, 7) is 2.58. The van der Waals surface area contributed by atoms with E-state index < -0.39 is 11.5 Å². The number of benzene rings is 2. The molecule has 5 rings (SSSR count). The molecule has 1 N–H and O–H groups in total. The summed E-state index contributed by atoms with van der Waals surface area (Å²) in [6, 6.07) is 15.6. The molecule has 2 aromatic carbocycles. The average molecular weight is 424 g/mol. The number of para-hydroxylation sites is 3. The van der Waals surface area contributed by atoms with Gasteiger partial charge in [-0.3, -0.25) is 14.5 Å². The first-order chi connectivity index (χ1) is 14.6. The number of rotatable bonds is 4. The second kappa shape index (κ2) is 7.32. The highest BCUT2D eigenvalue weighted by Gasteiger charge is 2.67. The quantitative estimate of drug-likeness (QED) is 0.818. The lowest BCUT2D eigenvalue weighted by Crippen LogP contribution is -2.55. The van der Waals surface area contributed by atoms with Crippen molar-refractivity contribution < 1.29 is 14.3 Å². The summed E-state index contributed by atoms with van der Waals surface area (Å²) < 4.78 is 5.41.